The van der Waals surface area contributed by atoms with Crippen LogP contribution in [0, 0.1) is 16.7 Å². The van der Waals surface area contributed by atoms with E-state index in [4.69, 9.17) is 5.26 Å². The normalized spacial score (nSPS) is 13.0. The molecule has 0 spiro atoms. The van der Waals surface area contributed by atoms with Gasteiger partial charge in [0.05, 0.1) is 6.07 Å². The van der Waals surface area contributed by atoms with Gasteiger partial charge in [0.15, 0.2) is 0 Å². The van der Waals surface area contributed by atoms with Crippen LogP contribution < -0.4 is 0 Å². The molecule has 0 saturated heterocycles. The van der Waals surface area contributed by atoms with Crippen molar-refractivity contribution in [1.29, 1.82) is 5.26 Å². The maximum absolute atomic E-state index is 8.27. The van der Waals surface area contributed by atoms with Gasteiger partial charge in [-0.25, -0.2) is 0 Å². The second-order valence-corrected chi connectivity index (χ2v) is 3.21. The molecular formula is C8H13N. The van der Waals surface area contributed by atoms with Gasteiger partial charge in [-0.2, -0.15) is 5.26 Å². The predicted octanol–water partition coefficient (Wildman–Crippen LogP) is 2.50. The van der Waals surface area contributed by atoms with Gasteiger partial charge in [0.1, 0.15) is 0 Å². The largest absolute Gasteiger partial charge is 0.193 e. The highest BCUT2D eigenvalue weighted by Crippen LogP contribution is 2.23. The van der Waals surface area contributed by atoms with Gasteiger partial charge < -0.3 is 0 Å². The van der Waals surface area contributed by atoms with Crippen molar-refractivity contribution >= 4 is 0 Å². The van der Waals surface area contributed by atoms with E-state index in [2.05, 4.69) is 20.8 Å². The van der Waals surface area contributed by atoms with E-state index in [1.54, 1.807) is 6.08 Å². The molecule has 1 nitrogen and oxygen atoms in total. The Morgan fingerprint density at radius 2 is 1.89 bits per heavy atom. The Kier molecular flexibility index (Phi) is 2.45. The summed E-state index contributed by atoms with van der Waals surface area (Å²) in [5.41, 5.74) is 1.28. The summed E-state index contributed by atoms with van der Waals surface area (Å²) in [6.45, 7) is 8.26. The number of hydrogen-bond acceptors (Lipinski definition) is 1. The Morgan fingerprint density at radius 1 is 1.44 bits per heavy atom. The molecule has 0 aromatic carbocycles. The van der Waals surface area contributed by atoms with Crippen molar-refractivity contribution in [1.82, 2.24) is 0 Å². The third-order valence-corrected chi connectivity index (χ3v) is 1.46. The Labute approximate surface area is 57.0 Å². The first-order chi connectivity index (χ1) is 3.98. The van der Waals surface area contributed by atoms with Crippen LogP contribution in [0.5, 0.6) is 0 Å². The van der Waals surface area contributed by atoms with Crippen molar-refractivity contribution in [3.05, 3.63) is 11.6 Å². The first-order valence-corrected chi connectivity index (χ1v) is 3.05. The lowest BCUT2D eigenvalue weighted by molar-refractivity contribution is 0.504. The Bertz CT molecular complexity index is 152. The lowest BCUT2D eigenvalue weighted by atomic mass is 9.88. The average Bonchev–Trinajstić information content (AvgIpc) is 1.64. The van der Waals surface area contributed by atoms with Gasteiger partial charge in [-0.15, -0.1) is 0 Å². The van der Waals surface area contributed by atoms with Gasteiger partial charge >= 0.3 is 0 Å². The second kappa shape index (κ2) is 2.68. The molecule has 0 aliphatic carbocycles. The zero-order valence-corrected chi connectivity index (χ0v) is 6.52. The van der Waals surface area contributed by atoms with E-state index >= 15 is 0 Å². The van der Waals surface area contributed by atoms with Crippen molar-refractivity contribution in [2.24, 2.45) is 5.41 Å². The summed E-state index contributed by atoms with van der Waals surface area (Å²) in [5.74, 6) is 0. The topological polar surface area (TPSA) is 23.8 Å². The monoisotopic (exact) mass is 123 g/mol. The zero-order valence-electron chi connectivity index (χ0n) is 6.52. The van der Waals surface area contributed by atoms with Crippen LogP contribution in [0.15, 0.2) is 11.6 Å². The lowest BCUT2D eigenvalue weighted by Gasteiger charge is -2.17. The molecule has 0 aliphatic heterocycles. The van der Waals surface area contributed by atoms with Crippen molar-refractivity contribution in [2.45, 2.75) is 27.7 Å². The maximum atomic E-state index is 8.27. The SMILES string of the molecule is C/C(=C\C#N)C(C)(C)C. The molecule has 0 atom stereocenters. The van der Waals surface area contributed by atoms with Crippen molar-refractivity contribution in [3.8, 4) is 6.07 Å². The van der Waals surface area contributed by atoms with Crippen molar-refractivity contribution in [2.75, 3.05) is 0 Å². The third kappa shape index (κ3) is 2.92. The van der Waals surface area contributed by atoms with Gasteiger partial charge in [-0.05, 0) is 12.3 Å². The minimum absolute atomic E-state index is 0.149. The Morgan fingerprint density at radius 3 is 2.00 bits per heavy atom. The summed E-state index contributed by atoms with van der Waals surface area (Å²) in [5, 5.41) is 8.27. The summed E-state index contributed by atoms with van der Waals surface area (Å²) in [6.07, 6.45) is 1.60. The molecule has 0 aromatic rings. The molecule has 0 fully saturated rings. The molecule has 9 heavy (non-hydrogen) atoms. The Balaban J connectivity index is 4.25. The van der Waals surface area contributed by atoms with Crippen LogP contribution in [0.25, 0.3) is 0 Å². The zero-order chi connectivity index (χ0) is 7.49. The first-order valence-electron chi connectivity index (χ1n) is 3.05. The Hall–Kier alpha value is -0.770. The van der Waals surface area contributed by atoms with Gasteiger partial charge in [-0.3, -0.25) is 0 Å². The molecule has 0 unspecified atom stereocenters. The molecule has 0 bridgehead atoms. The van der Waals surface area contributed by atoms with Crippen LogP contribution in [-0.2, 0) is 0 Å². The molecule has 0 N–H and O–H groups in total. The number of nitrogens with zero attached hydrogens (tertiary/aromatic N) is 1. The van der Waals surface area contributed by atoms with E-state index in [0.717, 1.165) is 5.57 Å². The lowest BCUT2D eigenvalue weighted by Crippen LogP contribution is -2.05. The number of nitriles is 1. The molecule has 0 saturated carbocycles. The fourth-order valence-electron chi connectivity index (χ4n) is 0.313. The van der Waals surface area contributed by atoms with Gasteiger partial charge in [0.2, 0.25) is 0 Å². The summed E-state index contributed by atoms with van der Waals surface area (Å²) >= 11 is 0. The van der Waals surface area contributed by atoms with Crippen LogP contribution >= 0.6 is 0 Å². The van der Waals surface area contributed by atoms with E-state index in [1.165, 1.54) is 0 Å². The molecule has 50 valence electrons. The standard InChI is InChI=1S/C8H13N/c1-7(5-6-9)8(2,3)4/h5H,1-4H3/b7-5+. The summed E-state index contributed by atoms with van der Waals surface area (Å²) < 4.78 is 0. The highest BCUT2D eigenvalue weighted by Gasteiger charge is 2.11. The third-order valence-electron chi connectivity index (χ3n) is 1.46. The fraction of sp³-hybridized carbons (Fsp3) is 0.625. The average molecular weight is 123 g/mol. The van der Waals surface area contributed by atoms with Crippen LogP contribution in [0.4, 0.5) is 0 Å². The van der Waals surface area contributed by atoms with Crippen LogP contribution in [0.2, 0.25) is 0 Å². The second-order valence-electron chi connectivity index (χ2n) is 3.21. The molecule has 0 radical (unpaired) electrons. The van der Waals surface area contributed by atoms with Crippen molar-refractivity contribution in [3.63, 3.8) is 0 Å². The molecule has 0 amide bonds. The van der Waals surface area contributed by atoms with Gasteiger partial charge in [-0.1, -0.05) is 26.3 Å². The highest BCUT2D eigenvalue weighted by atomic mass is 14.2. The summed E-state index contributed by atoms with van der Waals surface area (Å²) in [4.78, 5) is 0. The molecule has 1 heteroatoms. The van der Waals surface area contributed by atoms with Crippen LogP contribution in [0.1, 0.15) is 27.7 Å². The number of hydrogen-bond donors (Lipinski definition) is 0. The summed E-state index contributed by atoms with van der Waals surface area (Å²) in [7, 11) is 0. The molecule has 0 heterocycles. The van der Waals surface area contributed by atoms with Gasteiger partial charge in [0.25, 0.3) is 0 Å². The minimum atomic E-state index is 0.149. The molecule has 0 aliphatic rings. The summed E-state index contributed by atoms with van der Waals surface area (Å²) in [6, 6.07) is 2.01. The quantitative estimate of drug-likeness (QED) is 0.454. The van der Waals surface area contributed by atoms with E-state index in [-0.39, 0.29) is 5.41 Å². The number of allylic oxidation sites excluding steroid dienone is 2. The molecule has 0 aromatic heterocycles. The van der Waals surface area contributed by atoms with E-state index in [9.17, 15) is 0 Å². The minimum Gasteiger partial charge on any atom is -0.193 e. The van der Waals surface area contributed by atoms with E-state index < -0.39 is 0 Å². The van der Waals surface area contributed by atoms with E-state index in [0.29, 0.717) is 0 Å². The van der Waals surface area contributed by atoms with Crippen LogP contribution in [-0.4, -0.2) is 0 Å². The first kappa shape index (κ1) is 8.23. The fourth-order valence-corrected chi connectivity index (χ4v) is 0.313. The van der Waals surface area contributed by atoms with Crippen LogP contribution in [0.3, 0.4) is 0 Å². The van der Waals surface area contributed by atoms with Crippen molar-refractivity contribution < 1.29 is 0 Å². The smallest absolute Gasteiger partial charge is 0.0911 e. The highest BCUT2D eigenvalue weighted by molar-refractivity contribution is 5.16. The maximum Gasteiger partial charge on any atom is 0.0911 e. The molecular weight excluding hydrogens is 110 g/mol. The molecule has 0 rings (SSSR count). The van der Waals surface area contributed by atoms with Gasteiger partial charge in [0, 0.05) is 6.08 Å². The number of rotatable bonds is 0. The predicted molar refractivity (Wildman–Crippen MR) is 38.8 cm³/mol. The van der Waals surface area contributed by atoms with E-state index in [1.807, 2.05) is 13.0 Å².